The number of carbonyl (C=O) groups excluding carboxylic acids is 1. The van der Waals surface area contributed by atoms with Crippen LogP contribution in [0.25, 0.3) is 0 Å². The lowest BCUT2D eigenvalue weighted by Crippen LogP contribution is -2.10. The first-order valence-corrected chi connectivity index (χ1v) is 5.27. The van der Waals surface area contributed by atoms with E-state index in [9.17, 15) is 9.59 Å². The zero-order chi connectivity index (χ0) is 11.3. The highest BCUT2D eigenvalue weighted by Gasteiger charge is 2.09. The first kappa shape index (κ1) is 11.6. The van der Waals surface area contributed by atoms with Gasteiger partial charge in [-0.3, -0.25) is 9.59 Å². The topological polar surface area (TPSA) is 92.2 Å². The molecule has 0 unspecified atom stereocenters. The second-order valence-corrected chi connectivity index (χ2v) is 3.93. The molecule has 0 aromatic carbocycles. The number of nitrogens with one attached hydrogen (secondary N) is 1. The van der Waals surface area contributed by atoms with Gasteiger partial charge < -0.3 is 10.4 Å². The van der Waals surface area contributed by atoms with Gasteiger partial charge in [0.05, 0.1) is 6.42 Å². The number of amides is 1. The largest absolute Gasteiger partial charge is 0.481 e. The molecule has 0 bridgehead atoms. The Bertz CT molecular complexity index is 364. The molecule has 0 aliphatic rings. The van der Waals surface area contributed by atoms with E-state index < -0.39 is 5.97 Å². The summed E-state index contributed by atoms with van der Waals surface area (Å²) in [5.41, 5.74) is 0. The van der Waals surface area contributed by atoms with Crippen molar-refractivity contribution in [2.45, 2.75) is 26.2 Å². The van der Waals surface area contributed by atoms with Gasteiger partial charge in [0.15, 0.2) is 0 Å². The van der Waals surface area contributed by atoms with Crippen LogP contribution in [0.3, 0.4) is 0 Å². The second-order valence-electron chi connectivity index (χ2n) is 2.87. The van der Waals surface area contributed by atoms with Gasteiger partial charge in [0.25, 0.3) is 0 Å². The average Bonchev–Trinajstić information content (AvgIpc) is 2.51. The Morgan fingerprint density at radius 2 is 2.20 bits per heavy atom. The van der Waals surface area contributed by atoms with E-state index in [1.807, 2.05) is 6.92 Å². The number of aromatic nitrogens is 2. The molecule has 0 spiro atoms. The maximum absolute atomic E-state index is 11.2. The number of hydrogen-bond acceptors (Lipinski definition) is 5. The predicted octanol–water partition coefficient (Wildman–Crippen LogP) is 0.904. The molecule has 0 atom stereocenters. The minimum atomic E-state index is -0.961. The van der Waals surface area contributed by atoms with E-state index >= 15 is 0 Å². The number of carbonyl (C=O) groups is 2. The number of rotatable bonds is 5. The van der Waals surface area contributed by atoms with Crippen molar-refractivity contribution in [1.29, 1.82) is 0 Å². The molecule has 1 rings (SSSR count). The predicted molar refractivity (Wildman–Crippen MR) is 54.8 cm³/mol. The molecule has 82 valence electrons. The molecule has 1 aromatic heterocycles. The summed E-state index contributed by atoms with van der Waals surface area (Å²) in [6, 6.07) is 0. The van der Waals surface area contributed by atoms with Crippen LogP contribution in [-0.4, -0.2) is 27.2 Å². The summed E-state index contributed by atoms with van der Waals surface area (Å²) in [5.74, 6) is -1.09. The Morgan fingerprint density at radius 3 is 2.80 bits per heavy atom. The SMILES string of the molecule is CCCC(=O)Nc1nnc(CC(=O)O)s1. The van der Waals surface area contributed by atoms with Gasteiger partial charge in [-0.15, -0.1) is 10.2 Å². The van der Waals surface area contributed by atoms with Crippen LogP contribution in [0, 0.1) is 0 Å². The Labute approximate surface area is 90.3 Å². The quantitative estimate of drug-likeness (QED) is 0.782. The van der Waals surface area contributed by atoms with Crippen molar-refractivity contribution >= 4 is 28.3 Å². The van der Waals surface area contributed by atoms with Crippen LogP contribution in [0.2, 0.25) is 0 Å². The molecule has 1 amide bonds. The number of hydrogen-bond donors (Lipinski definition) is 2. The molecule has 15 heavy (non-hydrogen) atoms. The van der Waals surface area contributed by atoms with Gasteiger partial charge in [-0.25, -0.2) is 0 Å². The molecule has 2 N–H and O–H groups in total. The number of aliphatic carboxylic acids is 1. The molecule has 7 heteroatoms. The Balaban J connectivity index is 2.52. The summed E-state index contributed by atoms with van der Waals surface area (Å²) in [4.78, 5) is 21.5. The highest BCUT2D eigenvalue weighted by Crippen LogP contribution is 2.15. The molecule has 0 fully saturated rings. The van der Waals surface area contributed by atoms with E-state index in [1.165, 1.54) is 0 Å². The van der Waals surface area contributed by atoms with Crippen molar-refractivity contribution in [2.75, 3.05) is 5.32 Å². The fourth-order valence-corrected chi connectivity index (χ4v) is 1.66. The highest BCUT2D eigenvalue weighted by molar-refractivity contribution is 7.15. The van der Waals surface area contributed by atoms with Crippen LogP contribution in [0.5, 0.6) is 0 Å². The average molecular weight is 229 g/mol. The monoisotopic (exact) mass is 229 g/mol. The second kappa shape index (κ2) is 5.40. The van der Waals surface area contributed by atoms with Gasteiger partial charge >= 0.3 is 5.97 Å². The Morgan fingerprint density at radius 1 is 1.47 bits per heavy atom. The van der Waals surface area contributed by atoms with Gasteiger partial charge in [-0.05, 0) is 6.42 Å². The van der Waals surface area contributed by atoms with Crippen molar-refractivity contribution in [2.24, 2.45) is 0 Å². The third-order valence-corrected chi connectivity index (χ3v) is 2.33. The maximum atomic E-state index is 11.2. The van der Waals surface area contributed by atoms with Crippen molar-refractivity contribution in [1.82, 2.24) is 10.2 Å². The molecule has 6 nitrogen and oxygen atoms in total. The smallest absolute Gasteiger partial charge is 0.310 e. The molecule has 0 saturated heterocycles. The van der Waals surface area contributed by atoms with Gasteiger partial charge in [-0.1, -0.05) is 18.3 Å². The highest BCUT2D eigenvalue weighted by atomic mass is 32.1. The van der Waals surface area contributed by atoms with Gasteiger partial charge in [-0.2, -0.15) is 0 Å². The number of anilines is 1. The van der Waals surface area contributed by atoms with Gasteiger partial charge in [0, 0.05) is 6.42 Å². The summed E-state index contributed by atoms with van der Waals surface area (Å²) >= 11 is 1.08. The number of carboxylic acids is 1. The van der Waals surface area contributed by atoms with Gasteiger partial charge in [0.2, 0.25) is 11.0 Å². The lowest BCUT2D eigenvalue weighted by atomic mass is 10.3. The number of carboxylic acid groups (broad SMARTS) is 1. The number of nitrogens with zero attached hydrogens (tertiary/aromatic N) is 2. The molecule has 0 aliphatic carbocycles. The minimum absolute atomic E-state index is 0.129. The Hall–Kier alpha value is -1.50. The zero-order valence-electron chi connectivity index (χ0n) is 8.19. The summed E-state index contributed by atoms with van der Waals surface area (Å²) in [7, 11) is 0. The van der Waals surface area contributed by atoms with Gasteiger partial charge in [0.1, 0.15) is 5.01 Å². The van der Waals surface area contributed by atoms with Crippen LogP contribution in [-0.2, 0) is 16.0 Å². The summed E-state index contributed by atoms with van der Waals surface area (Å²) < 4.78 is 0. The van der Waals surface area contributed by atoms with Crippen molar-refractivity contribution < 1.29 is 14.7 Å². The van der Waals surface area contributed by atoms with E-state index in [-0.39, 0.29) is 12.3 Å². The van der Waals surface area contributed by atoms with E-state index in [1.54, 1.807) is 0 Å². The van der Waals surface area contributed by atoms with Crippen LogP contribution in [0.4, 0.5) is 5.13 Å². The lowest BCUT2D eigenvalue weighted by molar-refractivity contribution is -0.136. The van der Waals surface area contributed by atoms with E-state index in [0.717, 1.165) is 17.8 Å². The molecular weight excluding hydrogens is 218 g/mol. The first-order valence-electron chi connectivity index (χ1n) is 4.46. The van der Waals surface area contributed by atoms with E-state index in [2.05, 4.69) is 15.5 Å². The van der Waals surface area contributed by atoms with E-state index in [0.29, 0.717) is 16.6 Å². The minimum Gasteiger partial charge on any atom is -0.481 e. The van der Waals surface area contributed by atoms with Crippen molar-refractivity contribution in [3.63, 3.8) is 0 Å². The molecule has 0 saturated carbocycles. The molecular formula is C8H11N3O3S. The van der Waals surface area contributed by atoms with E-state index in [4.69, 9.17) is 5.11 Å². The molecule has 1 aromatic rings. The van der Waals surface area contributed by atoms with Crippen LogP contribution >= 0.6 is 11.3 Å². The molecule has 0 aliphatic heterocycles. The van der Waals surface area contributed by atoms with Crippen LogP contribution in [0.15, 0.2) is 0 Å². The molecule has 1 heterocycles. The fourth-order valence-electron chi connectivity index (χ4n) is 0.914. The molecule has 0 radical (unpaired) electrons. The third kappa shape index (κ3) is 4.03. The van der Waals surface area contributed by atoms with Crippen molar-refractivity contribution in [3.8, 4) is 0 Å². The third-order valence-electron chi connectivity index (χ3n) is 1.49. The normalized spacial score (nSPS) is 9.93. The van der Waals surface area contributed by atoms with Crippen LogP contribution in [0.1, 0.15) is 24.8 Å². The standard InChI is InChI=1S/C8H11N3O3S/c1-2-3-5(12)9-8-11-10-6(15-8)4-7(13)14/h2-4H2,1H3,(H,13,14)(H,9,11,12). The zero-order valence-corrected chi connectivity index (χ0v) is 9.00. The summed E-state index contributed by atoms with van der Waals surface area (Å²) in [6.45, 7) is 1.90. The first-order chi connectivity index (χ1) is 7.11. The maximum Gasteiger partial charge on any atom is 0.310 e. The fraction of sp³-hybridized carbons (Fsp3) is 0.500. The van der Waals surface area contributed by atoms with Crippen LogP contribution < -0.4 is 5.32 Å². The summed E-state index contributed by atoms with van der Waals surface area (Å²) in [5, 5.41) is 19.1. The van der Waals surface area contributed by atoms with Crippen molar-refractivity contribution in [3.05, 3.63) is 5.01 Å². The Kier molecular flexibility index (Phi) is 4.17. The lowest BCUT2D eigenvalue weighted by Gasteiger charge is -1.96. The summed E-state index contributed by atoms with van der Waals surface area (Å²) in [6.07, 6.45) is 1.02.